The van der Waals surface area contributed by atoms with Gasteiger partial charge in [0.2, 0.25) is 0 Å². The first-order valence-corrected chi connectivity index (χ1v) is 7.99. The Kier molecular flexibility index (Phi) is 5.34. The number of benzene rings is 2. The number of rotatable bonds is 6. The molecule has 2 N–H and O–H groups in total. The molecule has 0 radical (unpaired) electrons. The summed E-state index contributed by atoms with van der Waals surface area (Å²) in [6.45, 7) is 7.85. The topological polar surface area (TPSA) is 32.3 Å². The van der Waals surface area contributed by atoms with Crippen LogP contribution in [0.5, 0.6) is 5.75 Å². The number of phenols is 1. The third-order valence-corrected chi connectivity index (χ3v) is 4.33. The van der Waals surface area contributed by atoms with Crippen LogP contribution in [0, 0.1) is 6.92 Å². The van der Waals surface area contributed by atoms with Crippen molar-refractivity contribution >= 4 is 17.4 Å². The zero-order valence-electron chi connectivity index (χ0n) is 12.5. The maximum absolute atomic E-state index is 10.0. The fourth-order valence-corrected chi connectivity index (χ4v) is 2.95. The van der Waals surface area contributed by atoms with Crippen molar-refractivity contribution in [3.63, 3.8) is 0 Å². The minimum atomic E-state index is 0.0374. The molecule has 0 aromatic heterocycles. The molecule has 0 aliphatic carbocycles. The molecule has 3 heteroatoms. The van der Waals surface area contributed by atoms with Gasteiger partial charge >= 0.3 is 0 Å². The van der Waals surface area contributed by atoms with Gasteiger partial charge in [0, 0.05) is 21.9 Å². The van der Waals surface area contributed by atoms with E-state index in [1.807, 2.05) is 37.3 Å². The van der Waals surface area contributed by atoms with Crippen molar-refractivity contribution < 1.29 is 5.11 Å². The lowest BCUT2D eigenvalue weighted by atomic mass is 10.0. The highest BCUT2D eigenvalue weighted by molar-refractivity contribution is 7.99. The zero-order valence-corrected chi connectivity index (χ0v) is 13.3. The van der Waals surface area contributed by atoms with Gasteiger partial charge in [-0.25, -0.2) is 0 Å². The fourth-order valence-electron chi connectivity index (χ4n) is 2.19. The summed E-state index contributed by atoms with van der Waals surface area (Å²) in [4.78, 5) is 1.19. The van der Waals surface area contributed by atoms with Gasteiger partial charge in [-0.1, -0.05) is 35.9 Å². The maximum atomic E-state index is 10.0. The molecule has 0 aliphatic rings. The van der Waals surface area contributed by atoms with Crippen LogP contribution in [0.3, 0.4) is 0 Å². The molecule has 0 bridgehead atoms. The summed E-state index contributed by atoms with van der Waals surface area (Å²) in [6.07, 6.45) is 1.90. The van der Waals surface area contributed by atoms with Crippen molar-refractivity contribution in [2.45, 2.75) is 24.8 Å². The summed E-state index contributed by atoms with van der Waals surface area (Å²) in [6, 6.07) is 13.9. The van der Waals surface area contributed by atoms with Crippen LogP contribution in [-0.4, -0.2) is 10.9 Å². The lowest BCUT2D eigenvalue weighted by molar-refractivity contribution is 0.465. The second-order valence-electron chi connectivity index (χ2n) is 5.02. The van der Waals surface area contributed by atoms with E-state index in [1.54, 1.807) is 17.8 Å². The number of aromatic hydroxyl groups is 1. The highest BCUT2D eigenvalue weighted by Gasteiger charge is 2.12. The first kappa shape index (κ1) is 15.5. The minimum Gasteiger partial charge on any atom is -0.508 e. The third kappa shape index (κ3) is 4.05. The van der Waals surface area contributed by atoms with Gasteiger partial charge in [0.15, 0.2) is 0 Å². The number of para-hydroxylation sites is 1. The molecule has 21 heavy (non-hydrogen) atoms. The Morgan fingerprint density at radius 3 is 2.81 bits per heavy atom. The Balaban J connectivity index is 2.21. The van der Waals surface area contributed by atoms with Crippen LogP contribution < -0.4 is 5.32 Å². The number of phenolic OH excluding ortho intramolecular Hbond substituents is 1. The van der Waals surface area contributed by atoms with E-state index in [9.17, 15) is 5.11 Å². The molecule has 0 spiro atoms. The van der Waals surface area contributed by atoms with Gasteiger partial charge in [-0.2, -0.15) is 0 Å². The molecule has 110 valence electrons. The lowest BCUT2D eigenvalue weighted by Gasteiger charge is -2.19. The van der Waals surface area contributed by atoms with Crippen molar-refractivity contribution in [1.82, 2.24) is 0 Å². The third-order valence-electron chi connectivity index (χ3n) is 3.27. The molecule has 0 heterocycles. The summed E-state index contributed by atoms with van der Waals surface area (Å²) in [7, 11) is 0. The van der Waals surface area contributed by atoms with E-state index in [2.05, 4.69) is 31.0 Å². The molecule has 2 aromatic carbocycles. The second kappa shape index (κ2) is 7.23. The monoisotopic (exact) mass is 299 g/mol. The zero-order chi connectivity index (χ0) is 15.2. The lowest BCUT2D eigenvalue weighted by Crippen LogP contribution is -2.08. The largest absolute Gasteiger partial charge is 0.508 e. The molecule has 1 atom stereocenters. The van der Waals surface area contributed by atoms with E-state index in [-0.39, 0.29) is 6.04 Å². The average Bonchev–Trinajstić information content (AvgIpc) is 2.48. The van der Waals surface area contributed by atoms with Crippen molar-refractivity contribution in [2.24, 2.45) is 0 Å². The van der Waals surface area contributed by atoms with Crippen LogP contribution >= 0.6 is 11.8 Å². The number of anilines is 1. The van der Waals surface area contributed by atoms with Crippen LogP contribution in [0.15, 0.2) is 60.0 Å². The molecule has 0 fully saturated rings. The number of hydrogen-bond acceptors (Lipinski definition) is 3. The molecule has 2 aromatic rings. The summed E-state index contributed by atoms with van der Waals surface area (Å²) in [5.74, 6) is 1.21. The van der Waals surface area contributed by atoms with Crippen LogP contribution in [0.4, 0.5) is 5.69 Å². The Hall–Kier alpha value is -1.87. The Morgan fingerprint density at radius 1 is 1.29 bits per heavy atom. The van der Waals surface area contributed by atoms with Gasteiger partial charge < -0.3 is 10.4 Å². The molecule has 0 aliphatic heterocycles. The summed E-state index contributed by atoms with van der Waals surface area (Å²) < 4.78 is 0. The minimum absolute atomic E-state index is 0.0374. The number of hydrogen-bond donors (Lipinski definition) is 2. The van der Waals surface area contributed by atoms with Crippen molar-refractivity contribution in [3.8, 4) is 5.75 Å². The standard InChI is InChI=1S/C18H21NOS/c1-4-11-21-18-8-6-5-7-16(18)19-14(3)15-12-13(2)9-10-17(15)20/h4-10,12,14,19-20H,1,11H2,2-3H3. The van der Waals surface area contributed by atoms with Crippen LogP contribution in [-0.2, 0) is 0 Å². The van der Waals surface area contributed by atoms with E-state index in [0.717, 1.165) is 22.6 Å². The van der Waals surface area contributed by atoms with Crippen LogP contribution in [0.1, 0.15) is 24.1 Å². The maximum Gasteiger partial charge on any atom is 0.120 e. The van der Waals surface area contributed by atoms with Crippen molar-refractivity contribution in [3.05, 3.63) is 66.2 Å². The smallest absolute Gasteiger partial charge is 0.120 e. The quantitative estimate of drug-likeness (QED) is 0.571. The van der Waals surface area contributed by atoms with Crippen molar-refractivity contribution in [2.75, 3.05) is 11.1 Å². The van der Waals surface area contributed by atoms with E-state index < -0.39 is 0 Å². The van der Waals surface area contributed by atoms with E-state index in [1.165, 1.54) is 4.90 Å². The van der Waals surface area contributed by atoms with E-state index in [0.29, 0.717) is 5.75 Å². The Bertz CT molecular complexity index is 624. The van der Waals surface area contributed by atoms with Gasteiger partial charge in [0.25, 0.3) is 0 Å². The molecule has 2 nitrogen and oxygen atoms in total. The number of aryl methyl sites for hydroxylation is 1. The summed E-state index contributed by atoms with van der Waals surface area (Å²) in [5.41, 5.74) is 3.14. The van der Waals surface area contributed by atoms with Crippen LogP contribution in [0.2, 0.25) is 0 Å². The van der Waals surface area contributed by atoms with Gasteiger partial charge in [-0.05, 0) is 32.0 Å². The highest BCUT2D eigenvalue weighted by atomic mass is 32.2. The molecule has 1 unspecified atom stereocenters. The first-order chi connectivity index (χ1) is 10.1. The Morgan fingerprint density at radius 2 is 2.05 bits per heavy atom. The summed E-state index contributed by atoms with van der Waals surface area (Å²) in [5, 5.41) is 13.5. The predicted octanol–water partition coefficient (Wildman–Crippen LogP) is 5.15. The second-order valence-corrected chi connectivity index (χ2v) is 6.09. The summed E-state index contributed by atoms with van der Waals surface area (Å²) >= 11 is 1.75. The van der Waals surface area contributed by atoms with Gasteiger partial charge in [0.1, 0.15) is 5.75 Å². The molecule has 2 rings (SSSR count). The average molecular weight is 299 g/mol. The normalized spacial score (nSPS) is 11.9. The molecular weight excluding hydrogens is 278 g/mol. The van der Waals surface area contributed by atoms with Gasteiger partial charge in [-0.3, -0.25) is 0 Å². The SMILES string of the molecule is C=CCSc1ccccc1NC(C)c1cc(C)ccc1O. The number of nitrogens with one attached hydrogen (secondary N) is 1. The van der Waals surface area contributed by atoms with E-state index >= 15 is 0 Å². The molecule has 0 saturated carbocycles. The fraction of sp³-hybridized carbons (Fsp3) is 0.222. The van der Waals surface area contributed by atoms with Gasteiger partial charge in [-0.15, -0.1) is 18.3 Å². The number of thioether (sulfide) groups is 1. The van der Waals surface area contributed by atoms with Crippen LogP contribution in [0.25, 0.3) is 0 Å². The first-order valence-electron chi connectivity index (χ1n) is 7.00. The van der Waals surface area contributed by atoms with E-state index in [4.69, 9.17) is 0 Å². The predicted molar refractivity (Wildman–Crippen MR) is 92.2 cm³/mol. The molecular formula is C18H21NOS. The van der Waals surface area contributed by atoms with Crippen molar-refractivity contribution in [1.29, 1.82) is 0 Å². The molecule has 0 amide bonds. The molecule has 0 saturated heterocycles. The van der Waals surface area contributed by atoms with Gasteiger partial charge in [0.05, 0.1) is 6.04 Å². The Labute approximate surface area is 130 Å². The highest BCUT2D eigenvalue weighted by Crippen LogP contribution is 2.32.